The second-order valence-electron chi connectivity index (χ2n) is 3.75. The molecule has 0 aromatic rings. The van der Waals surface area contributed by atoms with Crippen LogP contribution in [0.1, 0.15) is 32.6 Å². The average Bonchev–Trinajstić information content (AvgIpc) is 2.05. The molecule has 1 aliphatic carbocycles. The second-order valence-corrected chi connectivity index (χ2v) is 3.75. The van der Waals surface area contributed by atoms with Crippen molar-refractivity contribution in [3.05, 3.63) is 0 Å². The van der Waals surface area contributed by atoms with Gasteiger partial charge in [0.05, 0.1) is 0 Å². The molecule has 11 heavy (non-hydrogen) atoms. The molecule has 0 amide bonds. The van der Waals surface area contributed by atoms with Crippen molar-refractivity contribution in [1.82, 2.24) is 5.32 Å². The maximum Gasteiger partial charge on any atom is 0.107 e. The Labute approximate surface area is 69.0 Å². The van der Waals surface area contributed by atoms with Crippen molar-refractivity contribution in [2.45, 2.75) is 38.8 Å². The molecule has 2 N–H and O–H groups in total. The van der Waals surface area contributed by atoms with Gasteiger partial charge in [-0.3, -0.25) is 5.32 Å². The van der Waals surface area contributed by atoms with Gasteiger partial charge in [-0.25, -0.2) is 0 Å². The lowest BCUT2D eigenvalue weighted by Crippen LogP contribution is -2.35. The molecule has 1 atom stereocenters. The van der Waals surface area contributed by atoms with E-state index in [4.69, 9.17) is 0 Å². The molecule has 2 nitrogen and oxygen atoms in total. The number of aliphatic hydroxyl groups is 1. The first-order chi connectivity index (χ1) is 5.24. The van der Waals surface area contributed by atoms with Crippen molar-refractivity contribution >= 4 is 0 Å². The molecule has 0 radical (unpaired) electrons. The first kappa shape index (κ1) is 9.01. The van der Waals surface area contributed by atoms with Gasteiger partial charge in [0.2, 0.25) is 0 Å². The molecule has 66 valence electrons. The van der Waals surface area contributed by atoms with Gasteiger partial charge in [0, 0.05) is 0 Å². The minimum absolute atomic E-state index is 0.275. The van der Waals surface area contributed by atoms with Crippen LogP contribution in [-0.2, 0) is 0 Å². The van der Waals surface area contributed by atoms with Gasteiger partial charge in [0.15, 0.2) is 0 Å². The van der Waals surface area contributed by atoms with E-state index in [-0.39, 0.29) is 6.23 Å². The second kappa shape index (κ2) is 4.07. The van der Waals surface area contributed by atoms with Gasteiger partial charge < -0.3 is 5.11 Å². The zero-order chi connectivity index (χ0) is 8.27. The summed E-state index contributed by atoms with van der Waals surface area (Å²) in [6.07, 6.45) is 4.65. The van der Waals surface area contributed by atoms with Crippen molar-refractivity contribution in [3.8, 4) is 0 Å². The predicted molar refractivity (Wildman–Crippen MR) is 46.2 cm³/mol. The topological polar surface area (TPSA) is 32.3 Å². The maximum atomic E-state index is 9.46. The lowest BCUT2D eigenvalue weighted by Gasteiger charge is -2.29. The molecule has 1 aliphatic rings. The van der Waals surface area contributed by atoms with Gasteiger partial charge in [0.1, 0.15) is 6.23 Å². The van der Waals surface area contributed by atoms with E-state index in [1.165, 1.54) is 25.7 Å². The zero-order valence-corrected chi connectivity index (χ0v) is 7.51. The number of hydrogen-bond donors (Lipinski definition) is 2. The molecule has 0 aromatic carbocycles. The summed E-state index contributed by atoms with van der Waals surface area (Å²) in [6.45, 7) is 2.29. The third-order valence-corrected chi connectivity index (χ3v) is 2.80. The Hall–Kier alpha value is -0.0800. The third-order valence-electron chi connectivity index (χ3n) is 2.80. The van der Waals surface area contributed by atoms with Gasteiger partial charge in [0.25, 0.3) is 0 Å². The van der Waals surface area contributed by atoms with Crippen molar-refractivity contribution in [2.24, 2.45) is 11.8 Å². The molecule has 1 fully saturated rings. The fourth-order valence-electron chi connectivity index (χ4n) is 1.84. The highest BCUT2D eigenvalue weighted by Gasteiger charge is 2.22. The molecule has 1 unspecified atom stereocenters. The van der Waals surface area contributed by atoms with Crippen molar-refractivity contribution in [3.63, 3.8) is 0 Å². The first-order valence-corrected chi connectivity index (χ1v) is 4.59. The molecule has 0 heterocycles. The minimum atomic E-state index is -0.275. The zero-order valence-electron chi connectivity index (χ0n) is 7.51. The van der Waals surface area contributed by atoms with E-state index in [9.17, 15) is 5.11 Å². The van der Waals surface area contributed by atoms with Crippen LogP contribution in [0.15, 0.2) is 0 Å². The Balaban J connectivity index is 2.27. The highest BCUT2D eigenvalue weighted by molar-refractivity contribution is 4.73. The summed E-state index contributed by atoms with van der Waals surface area (Å²) < 4.78 is 0. The molecule has 1 saturated carbocycles. The van der Waals surface area contributed by atoms with Crippen LogP contribution < -0.4 is 5.32 Å². The molecule has 1 rings (SSSR count). The van der Waals surface area contributed by atoms with Crippen LogP contribution in [-0.4, -0.2) is 18.4 Å². The fourth-order valence-corrected chi connectivity index (χ4v) is 1.84. The Morgan fingerprint density at radius 3 is 2.27 bits per heavy atom. The molecular formula is C9H19NO. The van der Waals surface area contributed by atoms with E-state index >= 15 is 0 Å². The van der Waals surface area contributed by atoms with Crippen molar-refractivity contribution in [2.75, 3.05) is 7.05 Å². The largest absolute Gasteiger partial charge is 0.378 e. The maximum absolute atomic E-state index is 9.46. The van der Waals surface area contributed by atoms with E-state index in [2.05, 4.69) is 12.2 Å². The number of nitrogens with one attached hydrogen (secondary N) is 1. The summed E-state index contributed by atoms with van der Waals surface area (Å²) in [6, 6.07) is 0. The molecule has 0 bridgehead atoms. The quantitative estimate of drug-likeness (QED) is 0.593. The Morgan fingerprint density at radius 2 is 1.82 bits per heavy atom. The molecule has 2 heteroatoms. The van der Waals surface area contributed by atoms with Crippen molar-refractivity contribution < 1.29 is 5.11 Å². The van der Waals surface area contributed by atoms with Gasteiger partial charge in [-0.1, -0.05) is 19.8 Å². The van der Waals surface area contributed by atoms with Gasteiger partial charge in [-0.15, -0.1) is 0 Å². The summed E-state index contributed by atoms with van der Waals surface area (Å²) >= 11 is 0. The van der Waals surface area contributed by atoms with Crippen molar-refractivity contribution in [1.29, 1.82) is 0 Å². The smallest absolute Gasteiger partial charge is 0.107 e. The van der Waals surface area contributed by atoms with E-state index in [1.54, 1.807) is 0 Å². The fraction of sp³-hybridized carbons (Fsp3) is 1.00. The minimum Gasteiger partial charge on any atom is -0.378 e. The van der Waals surface area contributed by atoms with E-state index in [0.717, 1.165) is 5.92 Å². The molecule has 0 spiro atoms. The lowest BCUT2D eigenvalue weighted by atomic mass is 9.82. The van der Waals surface area contributed by atoms with Gasteiger partial charge >= 0.3 is 0 Å². The number of hydrogen-bond acceptors (Lipinski definition) is 2. The van der Waals surface area contributed by atoms with Gasteiger partial charge in [-0.05, 0) is 31.7 Å². The summed E-state index contributed by atoms with van der Waals surface area (Å²) in [5.74, 6) is 1.37. The van der Waals surface area contributed by atoms with Crippen LogP contribution in [0.5, 0.6) is 0 Å². The Bertz CT molecular complexity index is 108. The molecular weight excluding hydrogens is 138 g/mol. The predicted octanol–water partition coefficient (Wildman–Crippen LogP) is 1.35. The lowest BCUT2D eigenvalue weighted by molar-refractivity contribution is 0.0546. The van der Waals surface area contributed by atoms with E-state index in [1.807, 2.05) is 7.05 Å². The van der Waals surface area contributed by atoms with Gasteiger partial charge in [-0.2, -0.15) is 0 Å². The highest BCUT2D eigenvalue weighted by atomic mass is 16.3. The summed E-state index contributed by atoms with van der Waals surface area (Å²) in [5.41, 5.74) is 0. The number of aliphatic hydroxyl groups excluding tert-OH is 1. The first-order valence-electron chi connectivity index (χ1n) is 4.59. The van der Waals surface area contributed by atoms with Crippen LogP contribution in [0.3, 0.4) is 0 Å². The highest BCUT2D eigenvalue weighted by Crippen LogP contribution is 2.29. The standard InChI is InChI=1S/C9H19NO/c1-7-3-5-8(6-4-7)9(11)10-2/h7-11H,3-6H2,1-2H3. The van der Waals surface area contributed by atoms with Crippen LogP contribution in [0.4, 0.5) is 0 Å². The molecule has 0 aromatic heterocycles. The monoisotopic (exact) mass is 157 g/mol. The third kappa shape index (κ3) is 2.46. The van der Waals surface area contributed by atoms with Crippen LogP contribution in [0.25, 0.3) is 0 Å². The van der Waals surface area contributed by atoms with E-state index < -0.39 is 0 Å². The van der Waals surface area contributed by atoms with E-state index in [0.29, 0.717) is 5.92 Å². The number of rotatable bonds is 2. The van der Waals surface area contributed by atoms with Crippen LogP contribution in [0, 0.1) is 11.8 Å². The Morgan fingerprint density at radius 1 is 1.27 bits per heavy atom. The summed E-state index contributed by atoms with van der Waals surface area (Å²) in [5, 5.41) is 12.4. The molecule has 0 aliphatic heterocycles. The van der Waals surface area contributed by atoms with Crippen LogP contribution in [0.2, 0.25) is 0 Å². The molecule has 0 saturated heterocycles. The normalized spacial score (nSPS) is 35.2. The summed E-state index contributed by atoms with van der Waals surface area (Å²) in [4.78, 5) is 0. The Kier molecular flexibility index (Phi) is 3.34. The average molecular weight is 157 g/mol. The summed E-state index contributed by atoms with van der Waals surface area (Å²) in [7, 11) is 1.82. The SMILES string of the molecule is CNC(O)C1CCC(C)CC1. The van der Waals surface area contributed by atoms with Crippen LogP contribution >= 0.6 is 0 Å².